The zero-order valence-corrected chi connectivity index (χ0v) is 26.2. The highest BCUT2D eigenvalue weighted by molar-refractivity contribution is 5.94. The zero-order valence-electron chi connectivity index (χ0n) is 26.2. The van der Waals surface area contributed by atoms with Crippen LogP contribution in [0.25, 0.3) is 0 Å². The number of carbonyl (C=O) groups is 4. The van der Waals surface area contributed by atoms with Crippen LogP contribution in [0.2, 0.25) is 0 Å². The van der Waals surface area contributed by atoms with E-state index in [-0.39, 0.29) is 56.4 Å². The van der Waals surface area contributed by atoms with Gasteiger partial charge in [0.05, 0.1) is 31.9 Å². The Morgan fingerprint density at radius 3 is 2.52 bits per heavy atom. The molecule has 2 aromatic carbocycles. The number of aromatic nitrogens is 2. The Labute approximate surface area is 267 Å². The summed E-state index contributed by atoms with van der Waals surface area (Å²) < 4.78 is 19.0. The molecule has 4 heterocycles. The third-order valence-corrected chi connectivity index (χ3v) is 8.54. The van der Waals surface area contributed by atoms with Crippen LogP contribution in [-0.2, 0) is 27.3 Å². The van der Waals surface area contributed by atoms with Crippen LogP contribution >= 0.6 is 0 Å². The minimum absolute atomic E-state index is 0.0888. The van der Waals surface area contributed by atoms with E-state index in [0.29, 0.717) is 43.3 Å². The molecule has 3 aromatic rings. The maximum Gasteiger partial charge on any atom is 0.290 e. The standard InChI is InChI=1S/C32H37N5O6.CH2O2/c1-20-14-21(2)37(34-20)19-30(38)36-17-25-22-4-7-28(41-3)29(16-22)43-13-11-35(10-9-33-31(39)26(25)18-36)32(40)24-5-6-27-23(15-24)8-12-42-27;2-1-3/h4-7,14-16,25-26H,8-13,17-19H2,1-3H3,(H,33,39);1H,(H,2,3)/t25-,26+;/m1./s1. The van der Waals surface area contributed by atoms with Gasteiger partial charge in [-0.1, -0.05) is 6.07 Å². The lowest BCUT2D eigenvalue weighted by Crippen LogP contribution is -2.43. The summed E-state index contributed by atoms with van der Waals surface area (Å²) in [4.78, 5) is 52.4. The minimum Gasteiger partial charge on any atom is -0.493 e. The van der Waals surface area contributed by atoms with Crippen molar-refractivity contribution in [3.8, 4) is 17.2 Å². The van der Waals surface area contributed by atoms with Gasteiger partial charge in [-0.25, -0.2) is 0 Å². The molecule has 1 saturated heterocycles. The lowest BCUT2D eigenvalue weighted by molar-refractivity contribution is -0.131. The molecule has 46 heavy (non-hydrogen) atoms. The molecule has 1 fully saturated rings. The molecular weight excluding hydrogens is 594 g/mol. The van der Waals surface area contributed by atoms with Crippen molar-refractivity contribution in [2.75, 3.05) is 53.0 Å². The molecule has 0 saturated carbocycles. The number of nitrogens with zero attached hydrogens (tertiary/aromatic N) is 4. The summed E-state index contributed by atoms with van der Waals surface area (Å²) in [6.07, 6.45) is 0.773. The third kappa shape index (κ3) is 7.08. The Hall–Kier alpha value is -5.07. The van der Waals surface area contributed by atoms with Gasteiger partial charge < -0.3 is 34.4 Å². The number of carbonyl (C=O) groups excluding carboxylic acids is 3. The largest absolute Gasteiger partial charge is 0.493 e. The van der Waals surface area contributed by atoms with Gasteiger partial charge >= 0.3 is 0 Å². The fourth-order valence-electron chi connectivity index (χ4n) is 6.24. The van der Waals surface area contributed by atoms with Gasteiger partial charge in [0.25, 0.3) is 12.4 Å². The molecular formula is C33H39N5O8. The van der Waals surface area contributed by atoms with Crippen LogP contribution in [0.4, 0.5) is 0 Å². The summed E-state index contributed by atoms with van der Waals surface area (Å²) in [6, 6.07) is 13.1. The average Bonchev–Trinajstić information content (AvgIpc) is 3.78. The van der Waals surface area contributed by atoms with Crippen LogP contribution in [0.3, 0.4) is 0 Å². The topological polar surface area (TPSA) is 153 Å². The number of methoxy groups -OCH3 is 1. The maximum atomic E-state index is 13.6. The van der Waals surface area contributed by atoms with Crippen molar-refractivity contribution < 1.29 is 38.5 Å². The van der Waals surface area contributed by atoms with Gasteiger partial charge in [0.2, 0.25) is 11.8 Å². The molecule has 0 unspecified atom stereocenters. The average molecular weight is 634 g/mol. The van der Waals surface area contributed by atoms with Gasteiger partial charge in [0, 0.05) is 49.8 Å². The molecule has 0 radical (unpaired) electrons. The number of nitrogens with one attached hydrogen (secondary N) is 1. The van der Waals surface area contributed by atoms with E-state index < -0.39 is 5.92 Å². The van der Waals surface area contributed by atoms with Crippen LogP contribution in [0.15, 0.2) is 42.5 Å². The lowest BCUT2D eigenvalue weighted by atomic mass is 9.88. The van der Waals surface area contributed by atoms with Crippen LogP contribution in [0.5, 0.6) is 17.2 Å². The van der Waals surface area contributed by atoms with E-state index in [0.717, 1.165) is 34.7 Å². The number of carboxylic acid groups (broad SMARTS) is 1. The van der Waals surface area contributed by atoms with Gasteiger partial charge in [-0.3, -0.25) is 23.9 Å². The molecule has 2 bridgehead atoms. The molecule has 244 valence electrons. The lowest BCUT2D eigenvalue weighted by Gasteiger charge is -2.24. The molecule has 3 amide bonds. The highest BCUT2D eigenvalue weighted by atomic mass is 16.5. The maximum absolute atomic E-state index is 13.6. The Balaban J connectivity index is 0.00000134. The van der Waals surface area contributed by atoms with E-state index in [2.05, 4.69) is 10.4 Å². The monoisotopic (exact) mass is 633 g/mol. The number of hydrogen-bond donors (Lipinski definition) is 2. The van der Waals surface area contributed by atoms with Crippen LogP contribution in [0, 0.1) is 19.8 Å². The second-order valence-corrected chi connectivity index (χ2v) is 11.5. The molecule has 6 rings (SSSR count). The molecule has 2 atom stereocenters. The van der Waals surface area contributed by atoms with E-state index in [4.69, 9.17) is 24.1 Å². The number of benzene rings is 2. The van der Waals surface area contributed by atoms with Crippen LogP contribution < -0.4 is 19.5 Å². The summed E-state index contributed by atoms with van der Waals surface area (Å²) in [5.41, 5.74) is 4.26. The molecule has 0 spiro atoms. The summed E-state index contributed by atoms with van der Waals surface area (Å²) >= 11 is 0. The quantitative estimate of drug-likeness (QED) is 0.411. The number of amides is 3. The summed E-state index contributed by atoms with van der Waals surface area (Å²) in [5.74, 6) is 0.844. The highest BCUT2D eigenvalue weighted by Crippen LogP contribution is 2.38. The fraction of sp³-hybridized carbons (Fsp3) is 0.424. The number of hydrogen-bond acceptors (Lipinski definition) is 8. The van der Waals surface area contributed by atoms with Crippen molar-refractivity contribution in [3.05, 3.63) is 70.5 Å². The predicted octanol–water partition coefficient (Wildman–Crippen LogP) is 2.04. The zero-order chi connectivity index (χ0) is 32.8. The number of ether oxygens (including phenoxy) is 3. The van der Waals surface area contributed by atoms with Crippen molar-refractivity contribution in [3.63, 3.8) is 0 Å². The van der Waals surface area contributed by atoms with E-state index in [1.54, 1.807) is 27.7 Å². The first kappa shape index (κ1) is 32.3. The first-order valence-corrected chi connectivity index (χ1v) is 15.2. The number of likely N-dealkylation sites (tertiary alicyclic amines) is 1. The Bertz CT molecular complexity index is 1600. The highest BCUT2D eigenvalue weighted by Gasteiger charge is 2.41. The molecule has 3 aliphatic rings. The van der Waals surface area contributed by atoms with Crippen molar-refractivity contribution >= 4 is 24.2 Å². The molecule has 2 N–H and O–H groups in total. The van der Waals surface area contributed by atoms with Crippen molar-refractivity contribution in [2.24, 2.45) is 5.92 Å². The SMILES string of the molecule is COc1ccc2cc1OCCN(C(=O)c1ccc3c(c1)CCO3)CCNC(=O)[C@H]1CN(C(=O)Cn3nc(C)cc3C)C[C@H]21.O=CO. The Morgan fingerprint density at radius 2 is 1.78 bits per heavy atom. The summed E-state index contributed by atoms with van der Waals surface area (Å²) in [5, 5.41) is 14.4. The van der Waals surface area contributed by atoms with Crippen molar-refractivity contribution in [1.82, 2.24) is 24.9 Å². The van der Waals surface area contributed by atoms with Gasteiger partial charge in [-0.05, 0) is 61.4 Å². The fourth-order valence-corrected chi connectivity index (χ4v) is 6.24. The Kier molecular flexibility index (Phi) is 10.1. The number of rotatable bonds is 4. The van der Waals surface area contributed by atoms with Crippen LogP contribution in [0.1, 0.15) is 38.8 Å². The number of aryl methyl sites for hydroxylation is 2. The van der Waals surface area contributed by atoms with Crippen LogP contribution in [-0.4, -0.2) is 102 Å². The van der Waals surface area contributed by atoms with E-state index in [1.807, 2.05) is 50.2 Å². The van der Waals surface area contributed by atoms with E-state index >= 15 is 0 Å². The third-order valence-electron chi connectivity index (χ3n) is 8.54. The Morgan fingerprint density at radius 1 is 1.02 bits per heavy atom. The first-order chi connectivity index (χ1) is 22.2. The van der Waals surface area contributed by atoms with Gasteiger partial charge in [-0.2, -0.15) is 5.10 Å². The molecule has 13 nitrogen and oxygen atoms in total. The molecule has 1 aromatic heterocycles. The minimum atomic E-state index is -0.465. The summed E-state index contributed by atoms with van der Waals surface area (Å²) in [7, 11) is 1.58. The van der Waals surface area contributed by atoms with Gasteiger partial charge in [-0.15, -0.1) is 0 Å². The smallest absolute Gasteiger partial charge is 0.290 e. The van der Waals surface area contributed by atoms with Gasteiger partial charge in [0.15, 0.2) is 11.5 Å². The second-order valence-electron chi connectivity index (χ2n) is 11.5. The normalized spacial score (nSPS) is 19.0. The predicted molar refractivity (Wildman–Crippen MR) is 166 cm³/mol. The number of fused-ring (bicyclic) bond motifs is 5. The molecule has 3 aliphatic heterocycles. The summed E-state index contributed by atoms with van der Waals surface area (Å²) in [6.45, 7) is 6.16. The van der Waals surface area contributed by atoms with Gasteiger partial charge in [0.1, 0.15) is 18.9 Å². The van der Waals surface area contributed by atoms with Crippen molar-refractivity contribution in [2.45, 2.75) is 32.7 Å². The van der Waals surface area contributed by atoms with Crippen molar-refractivity contribution in [1.29, 1.82) is 0 Å². The molecule has 13 heteroatoms. The molecule has 0 aliphatic carbocycles. The second kappa shape index (κ2) is 14.4. The van der Waals surface area contributed by atoms with E-state index in [1.165, 1.54) is 0 Å². The first-order valence-electron chi connectivity index (χ1n) is 15.2. The van der Waals surface area contributed by atoms with E-state index in [9.17, 15) is 14.4 Å².